The van der Waals surface area contributed by atoms with Gasteiger partial charge in [0.05, 0.1) is 20.1 Å². The zero-order chi connectivity index (χ0) is 22.9. The van der Waals surface area contributed by atoms with Gasteiger partial charge in [-0.25, -0.2) is 0 Å². The van der Waals surface area contributed by atoms with Crippen molar-refractivity contribution in [2.75, 3.05) is 13.7 Å². The lowest BCUT2D eigenvalue weighted by Gasteiger charge is -2.07. The molecule has 0 unspecified atom stereocenters. The van der Waals surface area contributed by atoms with Crippen molar-refractivity contribution in [2.24, 2.45) is 0 Å². The maximum absolute atomic E-state index is 11.8. The van der Waals surface area contributed by atoms with Crippen molar-refractivity contribution in [3.8, 4) is 5.75 Å². The molecule has 0 radical (unpaired) electrons. The number of aryl methyl sites for hydroxylation is 1. The fraction of sp³-hybridized carbons (Fsp3) is 0.207. The second-order valence-corrected chi connectivity index (χ2v) is 8.03. The van der Waals surface area contributed by atoms with Gasteiger partial charge in [0.2, 0.25) is 0 Å². The van der Waals surface area contributed by atoms with Gasteiger partial charge in [-0.1, -0.05) is 66.7 Å². The molecule has 0 amide bonds. The van der Waals surface area contributed by atoms with Crippen LogP contribution in [0.4, 0.5) is 0 Å². The number of hydrogen-bond acceptors (Lipinski definition) is 3. The normalized spacial score (nSPS) is 11.2. The van der Waals surface area contributed by atoms with Crippen molar-refractivity contribution in [3.63, 3.8) is 0 Å². The first-order valence-electron chi connectivity index (χ1n) is 11.3. The maximum atomic E-state index is 11.8. The monoisotopic (exact) mass is 439 g/mol. The minimum Gasteiger partial charge on any atom is -0.494 e. The molecule has 33 heavy (non-hydrogen) atoms. The quantitative estimate of drug-likeness (QED) is 0.175. The van der Waals surface area contributed by atoms with Gasteiger partial charge < -0.3 is 14.5 Å². The van der Waals surface area contributed by atoms with E-state index >= 15 is 0 Å². The Balaban J connectivity index is 1.33. The molecular formula is C29H29NO3. The average molecular weight is 440 g/mol. The van der Waals surface area contributed by atoms with Crippen molar-refractivity contribution in [1.29, 1.82) is 0 Å². The van der Waals surface area contributed by atoms with E-state index in [1.165, 1.54) is 12.7 Å². The summed E-state index contributed by atoms with van der Waals surface area (Å²) in [5.74, 6) is 0.644. The number of methoxy groups -OCH3 is 1. The Hall–Kier alpha value is -3.79. The first kappa shape index (κ1) is 22.4. The molecule has 0 spiro atoms. The maximum Gasteiger partial charge on any atom is 0.310 e. The summed E-state index contributed by atoms with van der Waals surface area (Å²) < 4.78 is 10.7. The second-order valence-electron chi connectivity index (χ2n) is 8.03. The summed E-state index contributed by atoms with van der Waals surface area (Å²) >= 11 is 0. The number of unbranched alkanes of at least 4 members (excludes halogenated alkanes) is 1. The van der Waals surface area contributed by atoms with E-state index in [4.69, 9.17) is 9.47 Å². The van der Waals surface area contributed by atoms with Crippen LogP contribution in [0.15, 0.2) is 79.0 Å². The van der Waals surface area contributed by atoms with Gasteiger partial charge in [0.25, 0.3) is 0 Å². The minimum atomic E-state index is -0.245. The summed E-state index contributed by atoms with van der Waals surface area (Å²) in [6, 6.07) is 24.8. The van der Waals surface area contributed by atoms with Crippen molar-refractivity contribution < 1.29 is 14.3 Å². The van der Waals surface area contributed by atoms with Crippen molar-refractivity contribution in [2.45, 2.75) is 25.7 Å². The molecule has 0 bridgehead atoms. The summed E-state index contributed by atoms with van der Waals surface area (Å²) in [7, 11) is 1.41. The number of carbonyl (C=O) groups is 1. The number of aromatic nitrogens is 1. The van der Waals surface area contributed by atoms with Gasteiger partial charge in [0.15, 0.2) is 0 Å². The van der Waals surface area contributed by atoms with E-state index in [1.54, 1.807) is 0 Å². The van der Waals surface area contributed by atoms with E-state index in [9.17, 15) is 4.79 Å². The topological polar surface area (TPSA) is 51.3 Å². The molecule has 4 nitrogen and oxygen atoms in total. The van der Waals surface area contributed by atoms with Crippen molar-refractivity contribution in [1.82, 2.24) is 4.98 Å². The Bertz CT molecular complexity index is 1210. The van der Waals surface area contributed by atoms with Crippen LogP contribution >= 0.6 is 0 Å². The van der Waals surface area contributed by atoms with Gasteiger partial charge in [-0.3, -0.25) is 4.79 Å². The van der Waals surface area contributed by atoms with E-state index in [0.717, 1.165) is 59.2 Å². The first-order chi connectivity index (χ1) is 16.2. The third kappa shape index (κ3) is 6.13. The van der Waals surface area contributed by atoms with Crippen LogP contribution in [0, 0.1) is 0 Å². The minimum absolute atomic E-state index is 0.245. The van der Waals surface area contributed by atoms with Gasteiger partial charge in [0, 0.05) is 17.1 Å². The van der Waals surface area contributed by atoms with Crippen LogP contribution in [0.3, 0.4) is 0 Å². The highest BCUT2D eigenvalue weighted by atomic mass is 16.5. The van der Waals surface area contributed by atoms with Gasteiger partial charge in [-0.15, -0.1) is 0 Å². The molecule has 0 saturated carbocycles. The highest BCUT2D eigenvalue weighted by molar-refractivity contribution is 5.95. The Labute approximate surface area is 194 Å². The molecule has 4 rings (SSSR count). The fourth-order valence-corrected chi connectivity index (χ4v) is 3.92. The molecule has 168 valence electrons. The van der Waals surface area contributed by atoms with E-state index in [1.807, 2.05) is 30.5 Å². The Morgan fingerprint density at radius 1 is 0.909 bits per heavy atom. The number of ether oxygens (including phenoxy) is 2. The zero-order valence-electron chi connectivity index (χ0n) is 18.9. The smallest absolute Gasteiger partial charge is 0.310 e. The molecule has 1 N–H and O–H groups in total. The number of H-pyrrole nitrogens is 1. The number of rotatable bonds is 10. The van der Waals surface area contributed by atoms with Crippen LogP contribution in [-0.2, 0) is 22.4 Å². The lowest BCUT2D eigenvalue weighted by molar-refractivity contribution is -0.139. The Morgan fingerprint density at radius 3 is 2.52 bits per heavy atom. The molecule has 4 heteroatoms. The Kier molecular flexibility index (Phi) is 7.60. The zero-order valence-corrected chi connectivity index (χ0v) is 18.9. The van der Waals surface area contributed by atoms with Crippen LogP contribution in [-0.4, -0.2) is 24.7 Å². The molecule has 3 aromatic carbocycles. The number of aromatic amines is 1. The van der Waals surface area contributed by atoms with Crippen LogP contribution in [0.25, 0.3) is 23.1 Å². The van der Waals surface area contributed by atoms with E-state index in [0.29, 0.717) is 0 Å². The average Bonchev–Trinajstić information content (AvgIpc) is 3.27. The summed E-state index contributed by atoms with van der Waals surface area (Å²) in [5.41, 5.74) is 5.47. The lowest BCUT2D eigenvalue weighted by Crippen LogP contribution is -2.03. The predicted octanol–water partition coefficient (Wildman–Crippen LogP) is 6.46. The molecule has 0 aliphatic heterocycles. The third-order valence-electron chi connectivity index (χ3n) is 5.69. The molecule has 1 aromatic heterocycles. The van der Waals surface area contributed by atoms with Crippen molar-refractivity contribution >= 4 is 29.0 Å². The number of esters is 1. The molecule has 4 aromatic rings. The lowest BCUT2D eigenvalue weighted by atomic mass is 10.0. The number of hydrogen-bond donors (Lipinski definition) is 1. The fourth-order valence-electron chi connectivity index (χ4n) is 3.92. The van der Waals surface area contributed by atoms with Gasteiger partial charge in [0.1, 0.15) is 5.75 Å². The number of fused-ring (bicyclic) bond motifs is 1. The van der Waals surface area contributed by atoms with E-state index < -0.39 is 0 Å². The molecule has 0 atom stereocenters. The number of carbonyl (C=O) groups excluding carboxylic acids is 1. The molecule has 0 aliphatic carbocycles. The second kappa shape index (κ2) is 11.2. The largest absolute Gasteiger partial charge is 0.494 e. The van der Waals surface area contributed by atoms with Gasteiger partial charge >= 0.3 is 5.97 Å². The Morgan fingerprint density at radius 2 is 1.73 bits per heavy atom. The van der Waals surface area contributed by atoms with E-state index in [-0.39, 0.29) is 12.4 Å². The van der Waals surface area contributed by atoms with Crippen LogP contribution in [0.5, 0.6) is 5.75 Å². The first-order valence-corrected chi connectivity index (χ1v) is 11.3. The standard InChI is InChI=1S/C29H29NO3/c1-32-28(31)20-25-21-30-27-12-7-11-24(29(25)27)16-13-23-14-17-26(18-15-23)33-19-6-5-10-22-8-3-2-4-9-22/h2-4,7-9,11-18,21,30H,5-6,10,19-20H2,1H3/b16-13+. The SMILES string of the molecule is COC(=O)Cc1c[nH]c2cccc(/C=C/c3ccc(OCCCCc4ccccc4)cc3)c12. The van der Waals surface area contributed by atoms with Crippen molar-refractivity contribution in [3.05, 3.63) is 101 Å². The highest BCUT2D eigenvalue weighted by Crippen LogP contribution is 2.25. The molecule has 0 aliphatic rings. The van der Waals surface area contributed by atoms with Crippen LogP contribution in [0.1, 0.15) is 35.1 Å². The predicted molar refractivity (Wildman–Crippen MR) is 134 cm³/mol. The molecular weight excluding hydrogens is 410 g/mol. The number of benzene rings is 3. The molecule has 0 saturated heterocycles. The molecule has 1 heterocycles. The van der Waals surface area contributed by atoms with E-state index in [2.05, 4.69) is 65.7 Å². The highest BCUT2D eigenvalue weighted by Gasteiger charge is 2.11. The van der Waals surface area contributed by atoms with Gasteiger partial charge in [-0.2, -0.15) is 0 Å². The van der Waals surface area contributed by atoms with Crippen LogP contribution < -0.4 is 4.74 Å². The summed E-state index contributed by atoms with van der Waals surface area (Å²) in [6.45, 7) is 0.723. The number of nitrogens with one attached hydrogen (secondary N) is 1. The molecule has 0 fully saturated rings. The van der Waals surface area contributed by atoms with Gasteiger partial charge in [-0.05, 0) is 59.7 Å². The summed E-state index contributed by atoms with van der Waals surface area (Å²) in [5, 5.41) is 1.05. The summed E-state index contributed by atoms with van der Waals surface area (Å²) in [6.07, 6.45) is 9.52. The van der Waals surface area contributed by atoms with Crippen LogP contribution in [0.2, 0.25) is 0 Å². The summed E-state index contributed by atoms with van der Waals surface area (Å²) in [4.78, 5) is 15.0. The third-order valence-corrected chi connectivity index (χ3v) is 5.69.